The third-order valence-electron chi connectivity index (χ3n) is 3.48. The van der Waals surface area contributed by atoms with Crippen molar-refractivity contribution in [1.29, 1.82) is 0 Å². The molecule has 2 amide bonds. The third-order valence-corrected chi connectivity index (χ3v) is 3.48. The molecule has 0 spiro atoms. The lowest BCUT2D eigenvalue weighted by molar-refractivity contribution is -0.115. The van der Waals surface area contributed by atoms with Crippen LogP contribution in [-0.4, -0.2) is 11.8 Å². The number of hydrogen-bond donors (Lipinski definition) is 2. The SMILES string of the molecule is Cc1cc(C)cc(NC(=O)c2ccc3c(c2)NC(=O)C3)c1. The van der Waals surface area contributed by atoms with Crippen LogP contribution in [0.3, 0.4) is 0 Å². The number of fused-ring (bicyclic) bond motifs is 1. The van der Waals surface area contributed by atoms with E-state index in [0.717, 1.165) is 28.1 Å². The number of nitrogens with one attached hydrogen (secondary N) is 2. The van der Waals surface area contributed by atoms with Gasteiger partial charge < -0.3 is 10.6 Å². The molecule has 0 radical (unpaired) electrons. The summed E-state index contributed by atoms with van der Waals surface area (Å²) in [6.07, 6.45) is 0.383. The predicted octanol–water partition coefficient (Wildman–Crippen LogP) is 3.05. The molecular weight excluding hydrogens is 264 g/mol. The van der Waals surface area contributed by atoms with Crippen molar-refractivity contribution in [3.8, 4) is 0 Å². The fraction of sp³-hybridized carbons (Fsp3) is 0.176. The first kappa shape index (κ1) is 13.4. The van der Waals surface area contributed by atoms with E-state index in [4.69, 9.17) is 0 Å². The summed E-state index contributed by atoms with van der Waals surface area (Å²) >= 11 is 0. The highest BCUT2D eigenvalue weighted by atomic mass is 16.2. The van der Waals surface area contributed by atoms with Crippen molar-refractivity contribution < 1.29 is 9.59 Å². The molecule has 4 nitrogen and oxygen atoms in total. The number of hydrogen-bond acceptors (Lipinski definition) is 2. The number of carbonyl (C=O) groups excluding carboxylic acids is 2. The Hall–Kier alpha value is -2.62. The second-order valence-electron chi connectivity index (χ2n) is 5.43. The van der Waals surface area contributed by atoms with Crippen LogP contribution in [-0.2, 0) is 11.2 Å². The first-order chi connectivity index (χ1) is 10.0. The van der Waals surface area contributed by atoms with Crippen LogP contribution in [0.5, 0.6) is 0 Å². The van der Waals surface area contributed by atoms with E-state index in [-0.39, 0.29) is 11.8 Å². The van der Waals surface area contributed by atoms with Gasteiger partial charge in [-0.05, 0) is 54.8 Å². The molecule has 1 heterocycles. The number of carbonyl (C=O) groups is 2. The zero-order valence-electron chi connectivity index (χ0n) is 12.0. The average molecular weight is 280 g/mol. The van der Waals surface area contributed by atoms with Gasteiger partial charge in [0.25, 0.3) is 5.91 Å². The lowest BCUT2D eigenvalue weighted by atomic mass is 10.1. The number of amides is 2. The van der Waals surface area contributed by atoms with Crippen LogP contribution in [0, 0.1) is 13.8 Å². The molecule has 1 aliphatic heterocycles. The highest BCUT2D eigenvalue weighted by molar-refractivity contribution is 6.07. The zero-order valence-corrected chi connectivity index (χ0v) is 12.0. The van der Waals surface area contributed by atoms with Crippen molar-refractivity contribution >= 4 is 23.2 Å². The van der Waals surface area contributed by atoms with Gasteiger partial charge in [-0.3, -0.25) is 9.59 Å². The fourth-order valence-corrected chi connectivity index (χ4v) is 2.61. The topological polar surface area (TPSA) is 58.2 Å². The lowest BCUT2D eigenvalue weighted by Crippen LogP contribution is -2.12. The Morgan fingerprint density at radius 3 is 2.52 bits per heavy atom. The minimum Gasteiger partial charge on any atom is -0.326 e. The van der Waals surface area contributed by atoms with Crippen molar-refractivity contribution in [2.24, 2.45) is 0 Å². The second-order valence-corrected chi connectivity index (χ2v) is 5.43. The Kier molecular flexibility index (Phi) is 3.22. The summed E-state index contributed by atoms with van der Waals surface area (Å²) in [7, 11) is 0. The monoisotopic (exact) mass is 280 g/mol. The summed E-state index contributed by atoms with van der Waals surface area (Å²) < 4.78 is 0. The molecule has 21 heavy (non-hydrogen) atoms. The van der Waals surface area contributed by atoms with E-state index in [1.165, 1.54) is 0 Å². The lowest BCUT2D eigenvalue weighted by Gasteiger charge is -2.08. The Morgan fingerprint density at radius 1 is 1.10 bits per heavy atom. The van der Waals surface area contributed by atoms with Gasteiger partial charge in [0.05, 0.1) is 6.42 Å². The predicted molar refractivity (Wildman–Crippen MR) is 82.6 cm³/mol. The molecule has 2 N–H and O–H groups in total. The number of benzene rings is 2. The van der Waals surface area contributed by atoms with Gasteiger partial charge >= 0.3 is 0 Å². The normalized spacial score (nSPS) is 12.8. The molecule has 4 heteroatoms. The molecule has 0 bridgehead atoms. The van der Waals surface area contributed by atoms with Crippen molar-refractivity contribution in [3.05, 3.63) is 58.7 Å². The van der Waals surface area contributed by atoms with Crippen molar-refractivity contribution in [2.75, 3.05) is 10.6 Å². The van der Waals surface area contributed by atoms with Crippen LogP contribution in [0.4, 0.5) is 11.4 Å². The first-order valence-corrected chi connectivity index (χ1v) is 6.84. The second kappa shape index (κ2) is 5.05. The van der Waals surface area contributed by atoms with E-state index in [0.29, 0.717) is 12.0 Å². The van der Waals surface area contributed by atoms with Crippen LogP contribution in [0.1, 0.15) is 27.0 Å². The van der Waals surface area contributed by atoms with Crippen molar-refractivity contribution in [1.82, 2.24) is 0 Å². The number of aryl methyl sites for hydroxylation is 2. The average Bonchev–Trinajstić information content (AvgIpc) is 2.76. The van der Waals surface area contributed by atoms with Crippen molar-refractivity contribution in [2.45, 2.75) is 20.3 Å². The quantitative estimate of drug-likeness (QED) is 0.888. The molecule has 3 rings (SSSR count). The molecule has 2 aromatic carbocycles. The van der Waals surface area contributed by atoms with E-state index in [1.54, 1.807) is 12.1 Å². The molecule has 0 aromatic heterocycles. The van der Waals surface area contributed by atoms with Gasteiger partial charge in [-0.2, -0.15) is 0 Å². The largest absolute Gasteiger partial charge is 0.326 e. The Labute approximate surface area is 123 Å². The van der Waals surface area contributed by atoms with Gasteiger partial charge in [-0.1, -0.05) is 12.1 Å². The van der Waals surface area contributed by atoms with E-state index in [2.05, 4.69) is 16.7 Å². The molecule has 0 unspecified atom stereocenters. The van der Waals surface area contributed by atoms with Gasteiger partial charge in [0.15, 0.2) is 0 Å². The summed E-state index contributed by atoms with van der Waals surface area (Å²) in [6, 6.07) is 11.2. The Morgan fingerprint density at radius 2 is 1.81 bits per heavy atom. The minimum atomic E-state index is -0.177. The van der Waals surface area contributed by atoms with Gasteiger partial charge in [-0.25, -0.2) is 0 Å². The van der Waals surface area contributed by atoms with Crippen LogP contribution < -0.4 is 10.6 Å². The van der Waals surface area contributed by atoms with Crippen LogP contribution >= 0.6 is 0 Å². The molecule has 0 saturated carbocycles. The van der Waals surface area contributed by atoms with Gasteiger partial charge in [-0.15, -0.1) is 0 Å². The minimum absolute atomic E-state index is 0.0307. The molecular formula is C17H16N2O2. The summed E-state index contributed by atoms with van der Waals surface area (Å²) in [5.74, 6) is -0.208. The maximum Gasteiger partial charge on any atom is 0.255 e. The molecule has 0 atom stereocenters. The van der Waals surface area contributed by atoms with Crippen LogP contribution in [0.2, 0.25) is 0 Å². The first-order valence-electron chi connectivity index (χ1n) is 6.84. The molecule has 2 aromatic rings. The Balaban J connectivity index is 1.83. The van der Waals surface area contributed by atoms with Gasteiger partial charge in [0, 0.05) is 16.9 Å². The van der Waals surface area contributed by atoms with Crippen molar-refractivity contribution in [3.63, 3.8) is 0 Å². The van der Waals surface area contributed by atoms with Gasteiger partial charge in [0.2, 0.25) is 5.91 Å². The maximum absolute atomic E-state index is 12.3. The van der Waals surface area contributed by atoms with E-state index in [9.17, 15) is 9.59 Å². The zero-order chi connectivity index (χ0) is 15.0. The third kappa shape index (κ3) is 2.79. The summed E-state index contributed by atoms with van der Waals surface area (Å²) in [4.78, 5) is 23.6. The molecule has 0 aliphatic carbocycles. The smallest absolute Gasteiger partial charge is 0.255 e. The Bertz CT molecular complexity index is 730. The number of anilines is 2. The van der Waals surface area contributed by atoms with Crippen LogP contribution in [0.15, 0.2) is 36.4 Å². The summed E-state index contributed by atoms with van der Waals surface area (Å²) in [5.41, 5.74) is 5.19. The van der Waals surface area contributed by atoms with Gasteiger partial charge in [0.1, 0.15) is 0 Å². The maximum atomic E-state index is 12.3. The molecule has 0 saturated heterocycles. The fourth-order valence-electron chi connectivity index (χ4n) is 2.61. The molecule has 0 fully saturated rings. The highest BCUT2D eigenvalue weighted by Gasteiger charge is 2.19. The van der Waals surface area contributed by atoms with E-state index < -0.39 is 0 Å². The summed E-state index contributed by atoms with van der Waals surface area (Å²) in [5, 5.41) is 5.65. The number of rotatable bonds is 2. The standard InChI is InChI=1S/C17H16N2O2/c1-10-5-11(2)7-14(6-10)18-17(21)13-4-3-12-9-16(20)19-15(12)8-13/h3-8H,9H2,1-2H3,(H,18,21)(H,19,20). The van der Waals surface area contributed by atoms with E-state index >= 15 is 0 Å². The van der Waals surface area contributed by atoms with Crippen LogP contribution in [0.25, 0.3) is 0 Å². The van der Waals surface area contributed by atoms with E-state index in [1.807, 2.05) is 32.0 Å². The molecule has 106 valence electrons. The molecule has 1 aliphatic rings. The summed E-state index contributed by atoms with van der Waals surface area (Å²) in [6.45, 7) is 3.99. The highest BCUT2D eigenvalue weighted by Crippen LogP contribution is 2.24.